The van der Waals surface area contributed by atoms with Crippen LogP contribution in [-0.2, 0) is 0 Å². The number of likely N-dealkylation sites (N-methyl/N-ethyl adjacent to an activating group) is 2. The third kappa shape index (κ3) is 8.80. The van der Waals surface area contributed by atoms with Gasteiger partial charge in [-0.15, -0.1) is 0 Å². The number of quaternary nitrogens is 2. The van der Waals surface area contributed by atoms with E-state index in [0.717, 1.165) is 0 Å². The Balaban J connectivity index is 4.35. The Hall–Kier alpha value is -0.280. The lowest BCUT2D eigenvalue weighted by Gasteiger charge is -2.37. The van der Waals surface area contributed by atoms with Crippen LogP contribution in [0.4, 0.5) is 0 Å². The van der Waals surface area contributed by atoms with E-state index in [4.69, 9.17) is 11.5 Å². The van der Waals surface area contributed by atoms with E-state index in [9.17, 15) is 15.3 Å². The lowest BCUT2D eigenvalue weighted by atomic mass is 10.2. The van der Waals surface area contributed by atoms with Crippen molar-refractivity contribution in [3.8, 4) is 0 Å². The molecule has 7 N–H and O–H groups in total. The highest BCUT2D eigenvalue weighted by Gasteiger charge is 2.29. The van der Waals surface area contributed by atoms with Crippen molar-refractivity contribution in [1.82, 2.24) is 0 Å². The van der Waals surface area contributed by atoms with Gasteiger partial charge < -0.3 is 35.8 Å². The highest BCUT2D eigenvalue weighted by Crippen LogP contribution is 2.07. The van der Waals surface area contributed by atoms with Crippen LogP contribution in [0.1, 0.15) is 0 Å². The molecule has 0 spiro atoms. The van der Waals surface area contributed by atoms with E-state index in [1.807, 2.05) is 28.2 Å². The third-order valence-corrected chi connectivity index (χ3v) is 3.36. The van der Waals surface area contributed by atoms with Gasteiger partial charge in [-0.25, -0.2) is 0 Å². The van der Waals surface area contributed by atoms with E-state index < -0.39 is 18.3 Å². The Bertz CT molecular complexity index is 248. The Morgan fingerprint density at radius 3 is 1.15 bits per heavy atom. The quantitative estimate of drug-likeness (QED) is 0.278. The van der Waals surface area contributed by atoms with E-state index in [-0.39, 0.29) is 13.1 Å². The average Bonchev–Trinajstić information content (AvgIpc) is 2.25. The van der Waals surface area contributed by atoms with Crippen molar-refractivity contribution in [2.75, 3.05) is 67.5 Å². The van der Waals surface area contributed by atoms with Crippen LogP contribution in [0, 0.1) is 0 Å². The van der Waals surface area contributed by atoms with Crippen LogP contribution in [0.15, 0.2) is 0 Å². The van der Waals surface area contributed by atoms with E-state index in [1.165, 1.54) is 0 Å². The molecule has 2 unspecified atom stereocenters. The highest BCUT2D eigenvalue weighted by molar-refractivity contribution is 4.60. The summed E-state index contributed by atoms with van der Waals surface area (Å²) in [6.07, 6.45) is -1.63. The number of aliphatic hydroxyl groups excluding tert-OH is 3. The van der Waals surface area contributed by atoms with Gasteiger partial charge in [-0.1, -0.05) is 0 Å². The van der Waals surface area contributed by atoms with Crippen molar-refractivity contribution >= 4 is 0 Å². The number of nitrogens with zero attached hydrogens (tertiary/aromatic N) is 2. The highest BCUT2D eigenvalue weighted by atomic mass is 16.3. The summed E-state index contributed by atoms with van der Waals surface area (Å²) in [6, 6.07) is 0. The van der Waals surface area contributed by atoms with Crippen molar-refractivity contribution in [1.29, 1.82) is 0 Å². The summed E-state index contributed by atoms with van der Waals surface area (Å²) in [7, 11) is 7.82. The summed E-state index contributed by atoms with van der Waals surface area (Å²) in [5.74, 6) is 0. The Morgan fingerprint density at radius 1 is 0.650 bits per heavy atom. The number of hydrogen-bond donors (Lipinski definition) is 5. The van der Waals surface area contributed by atoms with Crippen LogP contribution < -0.4 is 11.5 Å². The normalized spacial score (nSPS) is 17.9. The number of hydrogen-bond acceptors (Lipinski definition) is 5. The van der Waals surface area contributed by atoms with E-state index in [0.29, 0.717) is 35.1 Å². The monoisotopic (exact) mass is 294 g/mol. The SMILES string of the molecule is C[N+](C)(CC(O)CN)CC(O)C[N+](C)(C)CC(O)CN. The van der Waals surface area contributed by atoms with E-state index in [1.54, 1.807) is 0 Å². The molecule has 0 aliphatic rings. The molecule has 0 rings (SSSR count). The molecule has 122 valence electrons. The summed E-state index contributed by atoms with van der Waals surface area (Å²) in [6.45, 7) is 2.51. The van der Waals surface area contributed by atoms with Crippen LogP contribution in [0.2, 0.25) is 0 Å². The Kier molecular flexibility index (Phi) is 8.12. The topological polar surface area (TPSA) is 113 Å². The largest absolute Gasteiger partial charge is 0.386 e. The van der Waals surface area contributed by atoms with Gasteiger partial charge in [0.05, 0.1) is 28.2 Å². The zero-order valence-corrected chi connectivity index (χ0v) is 13.4. The van der Waals surface area contributed by atoms with Gasteiger partial charge in [0.1, 0.15) is 38.4 Å². The zero-order chi connectivity index (χ0) is 16.0. The molecule has 0 amide bonds. The Morgan fingerprint density at radius 2 is 0.900 bits per heavy atom. The summed E-state index contributed by atoms with van der Waals surface area (Å²) in [5.41, 5.74) is 10.8. The van der Waals surface area contributed by atoms with Gasteiger partial charge in [0.25, 0.3) is 0 Å². The minimum absolute atomic E-state index is 0.224. The molecule has 0 fully saturated rings. The molecule has 0 heterocycles. The molecule has 7 heteroatoms. The molecule has 7 nitrogen and oxygen atoms in total. The predicted molar refractivity (Wildman–Crippen MR) is 79.8 cm³/mol. The molecule has 2 atom stereocenters. The van der Waals surface area contributed by atoms with Gasteiger partial charge >= 0.3 is 0 Å². The standard InChI is InChI=1S/C13H34N4O3/c1-16(2,7-11(18)5-14)9-13(20)10-17(3,4)8-12(19)6-15/h11-13,18-20H,5-10,14-15H2,1-4H3/q+2. The van der Waals surface area contributed by atoms with Crippen molar-refractivity contribution in [3.63, 3.8) is 0 Å². The lowest BCUT2D eigenvalue weighted by molar-refractivity contribution is -0.917. The first-order valence-electron chi connectivity index (χ1n) is 7.09. The third-order valence-electron chi connectivity index (χ3n) is 3.36. The average molecular weight is 294 g/mol. The number of aliphatic hydroxyl groups is 3. The van der Waals surface area contributed by atoms with Gasteiger partial charge in [0.2, 0.25) is 0 Å². The molecule has 0 aromatic rings. The predicted octanol–water partition coefficient (Wildman–Crippen LogP) is -2.86. The first kappa shape index (κ1) is 19.7. The number of rotatable bonds is 10. The fraction of sp³-hybridized carbons (Fsp3) is 1.00. The minimum atomic E-state index is -0.557. The minimum Gasteiger partial charge on any atom is -0.386 e. The van der Waals surface area contributed by atoms with Gasteiger partial charge in [-0.2, -0.15) is 0 Å². The van der Waals surface area contributed by atoms with Crippen molar-refractivity contribution in [3.05, 3.63) is 0 Å². The first-order valence-corrected chi connectivity index (χ1v) is 7.09. The molecule has 0 aliphatic carbocycles. The molecule has 0 bridgehead atoms. The first-order chi connectivity index (χ1) is 9.01. The molecular weight excluding hydrogens is 260 g/mol. The van der Waals surface area contributed by atoms with Gasteiger partial charge in [-0.3, -0.25) is 0 Å². The molecule has 0 aliphatic heterocycles. The summed E-state index contributed by atoms with van der Waals surface area (Å²) in [4.78, 5) is 0. The smallest absolute Gasteiger partial charge is 0.152 e. The van der Waals surface area contributed by atoms with Crippen LogP contribution >= 0.6 is 0 Å². The van der Waals surface area contributed by atoms with Gasteiger partial charge in [-0.05, 0) is 0 Å². The maximum absolute atomic E-state index is 10.2. The fourth-order valence-corrected chi connectivity index (χ4v) is 2.64. The summed E-state index contributed by atoms with van der Waals surface area (Å²) >= 11 is 0. The molecule has 0 aromatic carbocycles. The summed E-state index contributed by atoms with van der Waals surface area (Å²) in [5, 5.41) is 29.5. The Labute approximate surface area is 122 Å². The summed E-state index contributed by atoms with van der Waals surface area (Å²) < 4.78 is 0.998. The maximum atomic E-state index is 10.2. The second-order valence-corrected chi connectivity index (χ2v) is 7.03. The van der Waals surface area contributed by atoms with E-state index >= 15 is 0 Å². The molecule has 0 radical (unpaired) electrons. The van der Waals surface area contributed by atoms with Crippen molar-refractivity contribution < 1.29 is 24.3 Å². The molecule has 20 heavy (non-hydrogen) atoms. The molecule has 0 aromatic heterocycles. The van der Waals surface area contributed by atoms with Crippen molar-refractivity contribution in [2.24, 2.45) is 11.5 Å². The van der Waals surface area contributed by atoms with Crippen LogP contribution in [0.25, 0.3) is 0 Å². The lowest BCUT2D eigenvalue weighted by Crippen LogP contribution is -2.56. The van der Waals surface area contributed by atoms with Crippen molar-refractivity contribution in [2.45, 2.75) is 18.3 Å². The van der Waals surface area contributed by atoms with Gasteiger partial charge in [0, 0.05) is 13.1 Å². The number of nitrogens with two attached hydrogens (primary N) is 2. The van der Waals surface area contributed by atoms with Crippen LogP contribution in [0.3, 0.4) is 0 Å². The van der Waals surface area contributed by atoms with E-state index in [2.05, 4.69) is 0 Å². The molecular formula is C13H34N4O3+2. The maximum Gasteiger partial charge on any atom is 0.152 e. The second-order valence-electron chi connectivity index (χ2n) is 7.03. The van der Waals surface area contributed by atoms with Crippen LogP contribution in [0.5, 0.6) is 0 Å². The molecule has 0 saturated carbocycles. The van der Waals surface area contributed by atoms with Gasteiger partial charge in [0.15, 0.2) is 6.10 Å². The zero-order valence-electron chi connectivity index (χ0n) is 13.4. The fourth-order valence-electron chi connectivity index (χ4n) is 2.64. The molecule has 0 saturated heterocycles. The second kappa shape index (κ2) is 8.23. The van der Waals surface area contributed by atoms with Crippen LogP contribution in [-0.4, -0.2) is 110 Å².